The largest absolute Gasteiger partial charge is 0.497 e. The molecular formula is C19H21NO7. The van der Waals surface area contributed by atoms with Crippen LogP contribution < -0.4 is 14.8 Å². The third kappa shape index (κ3) is 2.98. The second-order valence-electron chi connectivity index (χ2n) is 7.14. The van der Waals surface area contributed by atoms with Gasteiger partial charge in [-0.1, -0.05) is 0 Å². The van der Waals surface area contributed by atoms with Crippen molar-refractivity contribution in [3.05, 3.63) is 18.2 Å². The number of fused-ring (bicyclic) bond motifs is 1. The van der Waals surface area contributed by atoms with E-state index >= 15 is 0 Å². The highest BCUT2D eigenvalue weighted by molar-refractivity contribution is 5.95. The summed E-state index contributed by atoms with van der Waals surface area (Å²) < 4.78 is 20.9. The van der Waals surface area contributed by atoms with Crippen molar-refractivity contribution in [2.24, 2.45) is 23.7 Å². The van der Waals surface area contributed by atoms with Crippen LogP contribution in [0.3, 0.4) is 0 Å². The maximum atomic E-state index is 12.5. The molecule has 3 aliphatic rings. The molecule has 1 aromatic rings. The number of carbonyl (C=O) groups is 3. The minimum Gasteiger partial charge on any atom is -0.497 e. The van der Waals surface area contributed by atoms with Crippen molar-refractivity contribution in [3.63, 3.8) is 0 Å². The predicted octanol–water partition coefficient (Wildman–Crippen LogP) is 1.38. The summed E-state index contributed by atoms with van der Waals surface area (Å²) in [6.45, 7) is -0.424. The van der Waals surface area contributed by atoms with E-state index in [4.69, 9.17) is 18.9 Å². The van der Waals surface area contributed by atoms with Gasteiger partial charge in [0.05, 0.1) is 31.7 Å². The van der Waals surface area contributed by atoms with Crippen LogP contribution in [0.2, 0.25) is 0 Å². The molecule has 1 saturated heterocycles. The van der Waals surface area contributed by atoms with Crippen LogP contribution in [0.25, 0.3) is 0 Å². The Morgan fingerprint density at radius 2 is 2.04 bits per heavy atom. The summed E-state index contributed by atoms with van der Waals surface area (Å²) in [5.41, 5.74) is 0.446. The molecule has 1 heterocycles. The molecule has 144 valence electrons. The minimum atomic E-state index is -0.498. The Labute approximate surface area is 156 Å². The molecule has 0 unspecified atom stereocenters. The Morgan fingerprint density at radius 1 is 1.22 bits per heavy atom. The number of ether oxygens (including phenoxy) is 4. The zero-order valence-corrected chi connectivity index (χ0v) is 15.1. The lowest BCUT2D eigenvalue weighted by Crippen LogP contribution is -2.35. The average Bonchev–Trinajstić information content (AvgIpc) is 3.29. The van der Waals surface area contributed by atoms with Gasteiger partial charge in [0, 0.05) is 12.0 Å². The molecule has 4 rings (SSSR count). The van der Waals surface area contributed by atoms with Crippen LogP contribution >= 0.6 is 0 Å². The van der Waals surface area contributed by atoms with E-state index in [9.17, 15) is 14.4 Å². The van der Waals surface area contributed by atoms with Crippen molar-refractivity contribution >= 4 is 23.5 Å². The molecule has 0 radical (unpaired) electrons. The quantitative estimate of drug-likeness (QED) is 0.750. The van der Waals surface area contributed by atoms with E-state index < -0.39 is 30.3 Å². The minimum absolute atomic E-state index is 0.0395. The fourth-order valence-corrected chi connectivity index (χ4v) is 4.65. The second kappa shape index (κ2) is 6.75. The number of rotatable bonds is 6. The van der Waals surface area contributed by atoms with E-state index in [1.54, 1.807) is 18.2 Å². The summed E-state index contributed by atoms with van der Waals surface area (Å²) in [4.78, 5) is 36.6. The second-order valence-corrected chi connectivity index (χ2v) is 7.14. The van der Waals surface area contributed by atoms with Gasteiger partial charge < -0.3 is 24.3 Å². The third-order valence-corrected chi connectivity index (χ3v) is 5.78. The van der Waals surface area contributed by atoms with Gasteiger partial charge in [-0.3, -0.25) is 14.4 Å². The van der Waals surface area contributed by atoms with Crippen LogP contribution in [0, 0.1) is 23.7 Å². The first-order chi connectivity index (χ1) is 13.0. The van der Waals surface area contributed by atoms with Gasteiger partial charge in [0.25, 0.3) is 5.91 Å². The summed E-state index contributed by atoms with van der Waals surface area (Å²) in [7, 11) is 3.01. The molecule has 3 fully saturated rings. The number of carbonyl (C=O) groups excluding carboxylic acids is 3. The summed E-state index contributed by atoms with van der Waals surface area (Å²) in [6.07, 6.45) is 1.49. The molecule has 1 aliphatic heterocycles. The monoisotopic (exact) mass is 375 g/mol. The Kier molecular flexibility index (Phi) is 4.41. The molecule has 0 spiro atoms. The van der Waals surface area contributed by atoms with Crippen LogP contribution in [0.1, 0.15) is 12.8 Å². The summed E-state index contributed by atoms with van der Waals surface area (Å²) >= 11 is 0. The molecular weight excluding hydrogens is 354 g/mol. The average molecular weight is 375 g/mol. The Balaban J connectivity index is 1.35. The van der Waals surface area contributed by atoms with Crippen LogP contribution in [0.4, 0.5) is 5.69 Å². The highest BCUT2D eigenvalue weighted by atomic mass is 16.6. The van der Waals surface area contributed by atoms with Crippen LogP contribution in [-0.2, 0) is 23.9 Å². The van der Waals surface area contributed by atoms with E-state index in [0.29, 0.717) is 23.6 Å². The standard InChI is InChI=1S/C19H21NO7/c1-24-10-3-4-12(14(7-10)25-2)20-15(21)8-26-18(22)16-9-5-11-13(6-9)27-19(23)17(11)16/h3-4,7,9,11,13,16-17H,5-6,8H2,1-2H3,(H,20,21)/t9-,11+,13-,16-,17-/m1/s1. The van der Waals surface area contributed by atoms with Crippen LogP contribution in [0.15, 0.2) is 18.2 Å². The van der Waals surface area contributed by atoms with Crippen molar-refractivity contribution in [2.75, 3.05) is 26.1 Å². The fraction of sp³-hybridized carbons (Fsp3) is 0.526. The smallest absolute Gasteiger partial charge is 0.310 e. The molecule has 1 N–H and O–H groups in total. The zero-order valence-electron chi connectivity index (χ0n) is 15.1. The number of anilines is 1. The van der Waals surface area contributed by atoms with Crippen molar-refractivity contribution in [1.82, 2.24) is 0 Å². The van der Waals surface area contributed by atoms with Gasteiger partial charge in [0.15, 0.2) is 6.61 Å². The van der Waals surface area contributed by atoms with Gasteiger partial charge in [0.1, 0.15) is 17.6 Å². The highest BCUT2D eigenvalue weighted by Gasteiger charge is 2.64. The lowest BCUT2D eigenvalue weighted by Gasteiger charge is -2.22. The summed E-state index contributed by atoms with van der Waals surface area (Å²) in [5.74, 6) is -0.944. The normalized spacial score (nSPS) is 30.0. The topological polar surface area (TPSA) is 100 Å². The molecule has 2 bridgehead atoms. The number of amides is 1. The van der Waals surface area contributed by atoms with E-state index in [1.165, 1.54) is 14.2 Å². The third-order valence-electron chi connectivity index (χ3n) is 5.78. The molecule has 5 atom stereocenters. The van der Waals surface area contributed by atoms with Gasteiger partial charge >= 0.3 is 11.9 Å². The van der Waals surface area contributed by atoms with Gasteiger partial charge in [-0.05, 0) is 30.9 Å². The van der Waals surface area contributed by atoms with Gasteiger partial charge in [0.2, 0.25) is 0 Å². The van der Waals surface area contributed by atoms with Crippen molar-refractivity contribution in [3.8, 4) is 11.5 Å². The molecule has 1 aromatic carbocycles. The SMILES string of the molecule is COc1ccc(NC(=O)COC(=O)[C@@H]2[C@@H]3C[C@@H]4[C@H]2C(=O)O[C@@H]4C3)c(OC)c1. The van der Waals surface area contributed by atoms with Gasteiger partial charge in [-0.25, -0.2) is 0 Å². The zero-order chi connectivity index (χ0) is 19.1. The highest BCUT2D eigenvalue weighted by Crippen LogP contribution is 2.57. The fourth-order valence-electron chi connectivity index (χ4n) is 4.65. The number of methoxy groups -OCH3 is 2. The number of hydrogen-bond donors (Lipinski definition) is 1. The number of nitrogens with one attached hydrogen (secondary N) is 1. The Morgan fingerprint density at radius 3 is 2.78 bits per heavy atom. The first kappa shape index (κ1) is 17.6. The maximum Gasteiger partial charge on any atom is 0.310 e. The predicted molar refractivity (Wildman–Crippen MR) is 92.2 cm³/mol. The number of hydrogen-bond acceptors (Lipinski definition) is 7. The lowest BCUT2D eigenvalue weighted by molar-refractivity contribution is -0.157. The van der Waals surface area contributed by atoms with Crippen molar-refractivity contribution < 1.29 is 33.3 Å². The van der Waals surface area contributed by atoms with E-state index in [2.05, 4.69) is 5.32 Å². The molecule has 2 aliphatic carbocycles. The van der Waals surface area contributed by atoms with E-state index in [0.717, 1.165) is 6.42 Å². The lowest BCUT2D eigenvalue weighted by atomic mass is 9.80. The number of esters is 2. The van der Waals surface area contributed by atoms with E-state index in [-0.39, 0.29) is 23.9 Å². The summed E-state index contributed by atoms with van der Waals surface area (Å²) in [6, 6.07) is 4.96. The molecule has 0 aromatic heterocycles. The molecule has 8 nitrogen and oxygen atoms in total. The molecule has 1 amide bonds. The van der Waals surface area contributed by atoms with Crippen LogP contribution in [0.5, 0.6) is 11.5 Å². The van der Waals surface area contributed by atoms with E-state index in [1.807, 2.05) is 0 Å². The molecule has 8 heteroatoms. The summed E-state index contributed by atoms with van der Waals surface area (Å²) in [5, 5.41) is 2.65. The van der Waals surface area contributed by atoms with Gasteiger partial charge in [-0.15, -0.1) is 0 Å². The van der Waals surface area contributed by atoms with Crippen molar-refractivity contribution in [2.45, 2.75) is 18.9 Å². The maximum absolute atomic E-state index is 12.5. The first-order valence-electron chi connectivity index (χ1n) is 8.91. The van der Waals surface area contributed by atoms with Crippen LogP contribution in [-0.4, -0.2) is 44.8 Å². The van der Waals surface area contributed by atoms with Gasteiger partial charge in [-0.2, -0.15) is 0 Å². The first-order valence-corrected chi connectivity index (χ1v) is 8.91. The Hall–Kier alpha value is -2.77. The number of benzene rings is 1. The van der Waals surface area contributed by atoms with Crippen molar-refractivity contribution in [1.29, 1.82) is 0 Å². The Bertz CT molecular complexity index is 790. The molecule has 27 heavy (non-hydrogen) atoms. The molecule has 2 saturated carbocycles.